The van der Waals surface area contributed by atoms with E-state index in [9.17, 15) is 9.59 Å². The second kappa shape index (κ2) is 5.83. The second-order valence-electron chi connectivity index (χ2n) is 3.27. The summed E-state index contributed by atoms with van der Waals surface area (Å²) in [7, 11) is 0. The number of hydrazine groups is 1. The van der Waals surface area contributed by atoms with Crippen molar-refractivity contribution < 1.29 is 14.0 Å². The number of carbonyl (C=O) groups excluding carboxylic acids is 2. The van der Waals surface area contributed by atoms with Crippen molar-refractivity contribution in [1.82, 2.24) is 10.9 Å². The van der Waals surface area contributed by atoms with Gasteiger partial charge in [0, 0.05) is 6.08 Å². The van der Waals surface area contributed by atoms with Crippen LogP contribution in [0.3, 0.4) is 0 Å². The third kappa shape index (κ3) is 3.33. The first-order chi connectivity index (χ1) is 8.75. The van der Waals surface area contributed by atoms with Crippen LogP contribution < -0.4 is 10.9 Å². The van der Waals surface area contributed by atoms with Crippen molar-refractivity contribution in [3.8, 4) is 0 Å². The third-order valence-electron chi connectivity index (χ3n) is 1.99. The molecule has 2 heterocycles. The van der Waals surface area contributed by atoms with Crippen LogP contribution in [0.4, 0.5) is 0 Å². The van der Waals surface area contributed by atoms with E-state index in [0.29, 0.717) is 10.6 Å². The molecule has 0 unspecified atom stereocenters. The van der Waals surface area contributed by atoms with Gasteiger partial charge < -0.3 is 4.42 Å². The molecule has 18 heavy (non-hydrogen) atoms. The molecule has 0 aliphatic carbocycles. The normalized spacial score (nSPS) is 10.4. The standard InChI is InChI=1S/C12H10N2O3S/c15-11(6-5-9-3-1-7-17-9)13-14-12(16)10-4-2-8-18-10/h1-8H,(H,13,15)(H,14,16)/b6-5+. The van der Waals surface area contributed by atoms with Crippen molar-refractivity contribution in [3.05, 3.63) is 52.6 Å². The van der Waals surface area contributed by atoms with E-state index in [2.05, 4.69) is 10.9 Å². The molecule has 0 saturated heterocycles. The van der Waals surface area contributed by atoms with E-state index in [1.165, 1.54) is 29.8 Å². The molecule has 0 aromatic carbocycles. The Balaban J connectivity index is 1.80. The monoisotopic (exact) mass is 262 g/mol. The average Bonchev–Trinajstić information content (AvgIpc) is 3.05. The molecule has 0 radical (unpaired) electrons. The number of hydrogen-bond acceptors (Lipinski definition) is 4. The molecule has 0 atom stereocenters. The molecule has 2 aromatic heterocycles. The molecule has 2 amide bonds. The summed E-state index contributed by atoms with van der Waals surface area (Å²) in [5.41, 5.74) is 4.58. The van der Waals surface area contributed by atoms with Gasteiger partial charge in [-0.2, -0.15) is 0 Å². The average molecular weight is 262 g/mol. The quantitative estimate of drug-likeness (QED) is 0.654. The summed E-state index contributed by atoms with van der Waals surface area (Å²) in [5.74, 6) is -0.212. The lowest BCUT2D eigenvalue weighted by molar-refractivity contribution is -0.117. The Bertz CT molecular complexity index is 544. The number of rotatable bonds is 3. The number of hydrogen-bond donors (Lipinski definition) is 2. The van der Waals surface area contributed by atoms with E-state index in [0.717, 1.165) is 0 Å². The minimum atomic E-state index is -0.434. The van der Waals surface area contributed by atoms with Gasteiger partial charge in [-0.05, 0) is 29.7 Å². The van der Waals surface area contributed by atoms with Crippen LogP contribution >= 0.6 is 11.3 Å². The first-order valence-electron chi connectivity index (χ1n) is 5.11. The van der Waals surface area contributed by atoms with Gasteiger partial charge in [0.2, 0.25) is 0 Å². The highest BCUT2D eigenvalue weighted by Gasteiger charge is 2.06. The van der Waals surface area contributed by atoms with Crippen molar-refractivity contribution >= 4 is 29.2 Å². The summed E-state index contributed by atoms with van der Waals surface area (Å²) in [6.07, 6.45) is 4.29. The number of carbonyl (C=O) groups is 2. The molecule has 0 aliphatic heterocycles. The minimum absolute atomic E-state index is 0.343. The Morgan fingerprint density at radius 1 is 1.22 bits per heavy atom. The lowest BCUT2D eigenvalue weighted by Gasteiger charge is -2.02. The molecule has 6 heteroatoms. The van der Waals surface area contributed by atoms with Gasteiger partial charge in [-0.1, -0.05) is 6.07 Å². The molecule has 0 aliphatic rings. The van der Waals surface area contributed by atoms with E-state index in [1.54, 1.807) is 29.6 Å². The van der Waals surface area contributed by atoms with Crippen molar-refractivity contribution in [2.75, 3.05) is 0 Å². The van der Waals surface area contributed by atoms with Gasteiger partial charge in [0.05, 0.1) is 11.1 Å². The van der Waals surface area contributed by atoms with Crippen LogP contribution in [0.1, 0.15) is 15.4 Å². The van der Waals surface area contributed by atoms with E-state index in [1.807, 2.05) is 0 Å². The fraction of sp³-hybridized carbons (Fsp3) is 0. The first kappa shape index (κ1) is 12.1. The van der Waals surface area contributed by atoms with E-state index < -0.39 is 5.91 Å². The van der Waals surface area contributed by atoms with Crippen molar-refractivity contribution in [1.29, 1.82) is 0 Å². The van der Waals surface area contributed by atoms with Crippen molar-refractivity contribution in [2.24, 2.45) is 0 Å². The van der Waals surface area contributed by atoms with Gasteiger partial charge in [0.15, 0.2) is 0 Å². The largest absolute Gasteiger partial charge is 0.465 e. The molecule has 0 saturated carbocycles. The maximum absolute atomic E-state index is 11.5. The van der Waals surface area contributed by atoms with E-state index >= 15 is 0 Å². The molecule has 2 N–H and O–H groups in total. The third-order valence-corrected chi connectivity index (χ3v) is 2.85. The maximum atomic E-state index is 11.5. The van der Waals surface area contributed by atoms with Crippen LogP contribution in [0.15, 0.2) is 46.4 Å². The summed E-state index contributed by atoms with van der Waals surface area (Å²) in [4.78, 5) is 23.4. The van der Waals surface area contributed by atoms with Gasteiger partial charge in [-0.25, -0.2) is 0 Å². The molecular weight excluding hydrogens is 252 g/mol. The Morgan fingerprint density at radius 3 is 2.78 bits per heavy atom. The minimum Gasteiger partial charge on any atom is -0.465 e. The summed E-state index contributed by atoms with van der Waals surface area (Å²) in [5, 5.41) is 1.79. The molecule has 0 fully saturated rings. The van der Waals surface area contributed by atoms with Crippen LogP contribution in [-0.2, 0) is 4.79 Å². The molecule has 5 nitrogen and oxygen atoms in total. The number of amides is 2. The van der Waals surface area contributed by atoms with Crippen molar-refractivity contribution in [3.63, 3.8) is 0 Å². The summed E-state index contributed by atoms with van der Waals surface area (Å²) < 4.78 is 5.02. The van der Waals surface area contributed by atoms with Gasteiger partial charge in [0.25, 0.3) is 11.8 Å². The zero-order valence-electron chi connectivity index (χ0n) is 9.25. The first-order valence-corrected chi connectivity index (χ1v) is 5.99. The van der Waals surface area contributed by atoms with Gasteiger partial charge in [-0.3, -0.25) is 20.4 Å². The van der Waals surface area contributed by atoms with Crippen LogP contribution in [0.2, 0.25) is 0 Å². The second-order valence-corrected chi connectivity index (χ2v) is 4.22. The number of furan rings is 1. The van der Waals surface area contributed by atoms with Crippen LogP contribution in [-0.4, -0.2) is 11.8 Å². The van der Waals surface area contributed by atoms with Crippen LogP contribution in [0, 0.1) is 0 Å². The zero-order chi connectivity index (χ0) is 12.8. The number of nitrogens with one attached hydrogen (secondary N) is 2. The molecule has 0 bridgehead atoms. The lowest BCUT2D eigenvalue weighted by atomic mass is 10.4. The summed E-state index contributed by atoms with van der Waals surface area (Å²) >= 11 is 1.30. The Kier molecular flexibility index (Phi) is 3.93. The Labute approximate surface area is 107 Å². The Hall–Kier alpha value is -2.34. The van der Waals surface area contributed by atoms with Crippen LogP contribution in [0.25, 0.3) is 6.08 Å². The molecule has 92 valence electrons. The van der Waals surface area contributed by atoms with E-state index in [4.69, 9.17) is 4.42 Å². The molecular formula is C12H10N2O3S. The fourth-order valence-corrected chi connectivity index (χ4v) is 1.79. The van der Waals surface area contributed by atoms with Gasteiger partial charge in [0.1, 0.15) is 5.76 Å². The predicted molar refractivity (Wildman–Crippen MR) is 67.7 cm³/mol. The van der Waals surface area contributed by atoms with Crippen LogP contribution in [0.5, 0.6) is 0 Å². The molecule has 2 rings (SSSR count). The highest BCUT2D eigenvalue weighted by Crippen LogP contribution is 2.07. The van der Waals surface area contributed by atoms with Gasteiger partial charge >= 0.3 is 0 Å². The zero-order valence-corrected chi connectivity index (χ0v) is 10.1. The fourth-order valence-electron chi connectivity index (χ4n) is 1.17. The lowest BCUT2D eigenvalue weighted by Crippen LogP contribution is -2.40. The summed E-state index contributed by atoms with van der Waals surface area (Å²) in [6.45, 7) is 0. The van der Waals surface area contributed by atoms with Crippen molar-refractivity contribution in [2.45, 2.75) is 0 Å². The highest BCUT2D eigenvalue weighted by molar-refractivity contribution is 7.12. The Morgan fingerprint density at radius 2 is 2.11 bits per heavy atom. The SMILES string of the molecule is O=C(/C=C/c1ccco1)NNC(=O)c1cccs1. The topological polar surface area (TPSA) is 71.3 Å². The highest BCUT2D eigenvalue weighted by atomic mass is 32.1. The number of thiophene rings is 1. The molecule has 0 spiro atoms. The maximum Gasteiger partial charge on any atom is 0.279 e. The smallest absolute Gasteiger partial charge is 0.279 e. The molecule has 2 aromatic rings. The summed E-state index contributed by atoms with van der Waals surface area (Å²) in [6, 6.07) is 6.87. The predicted octanol–water partition coefficient (Wildman–Crippen LogP) is 1.82. The van der Waals surface area contributed by atoms with E-state index in [-0.39, 0.29) is 5.91 Å². The van der Waals surface area contributed by atoms with Gasteiger partial charge in [-0.15, -0.1) is 11.3 Å².